The highest BCUT2D eigenvalue weighted by atomic mass is 79.9. The molecule has 1 aromatic carbocycles. The number of halogens is 3. The smallest absolute Gasteiger partial charge is 0.219 e. The zero-order valence-corrected chi connectivity index (χ0v) is 12.1. The molecule has 6 heteroatoms. The van der Waals surface area contributed by atoms with Gasteiger partial charge in [0.15, 0.2) is 0 Å². The monoisotopic (exact) mass is 332 g/mol. The lowest BCUT2D eigenvalue weighted by Gasteiger charge is -2.32. The number of hydrogen-bond donors (Lipinski definition) is 1. The number of likely N-dealkylation sites (tertiary alicyclic amines) is 1. The lowest BCUT2D eigenvalue weighted by molar-refractivity contribution is -0.129. The maximum atomic E-state index is 13.6. The summed E-state index contributed by atoms with van der Waals surface area (Å²) in [4.78, 5) is 13.0. The minimum absolute atomic E-state index is 0.0640. The molecular weight excluding hydrogens is 318 g/mol. The molecule has 1 saturated heterocycles. The number of piperidine rings is 1. The van der Waals surface area contributed by atoms with Crippen LogP contribution < -0.4 is 5.32 Å². The highest BCUT2D eigenvalue weighted by Crippen LogP contribution is 2.25. The van der Waals surface area contributed by atoms with E-state index in [1.807, 2.05) is 0 Å². The normalized spacial score (nSPS) is 16.5. The van der Waals surface area contributed by atoms with Gasteiger partial charge in [0.1, 0.15) is 11.6 Å². The van der Waals surface area contributed by atoms with Gasteiger partial charge in [-0.25, -0.2) is 8.78 Å². The number of carbonyl (C=O) groups is 1. The quantitative estimate of drug-likeness (QED) is 0.844. The van der Waals surface area contributed by atoms with E-state index in [0.717, 1.165) is 18.9 Å². The molecule has 2 rings (SSSR count). The molecule has 1 aliphatic rings. The van der Waals surface area contributed by atoms with Crippen molar-refractivity contribution < 1.29 is 13.6 Å². The standard InChI is InChI=1S/C13H15BrF2N2O/c1-8(19)18-4-2-9(3-5-18)17-13-6-10(14)11(15)7-12(13)16/h6-7,9,17H,2-5H2,1H3. The van der Waals surface area contributed by atoms with Crippen LogP contribution in [0, 0.1) is 11.6 Å². The molecular formula is C13H15BrF2N2O. The van der Waals surface area contributed by atoms with Crippen LogP contribution in [0.2, 0.25) is 0 Å². The highest BCUT2D eigenvalue weighted by Gasteiger charge is 2.21. The summed E-state index contributed by atoms with van der Waals surface area (Å²) in [6.45, 7) is 2.87. The molecule has 0 radical (unpaired) electrons. The average molecular weight is 333 g/mol. The van der Waals surface area contributed by atoms with Crippen LogP contribution in [0.15, 0.2) is 16.6 Å². The van der Waals surface area contributed by atoms with E-state index in [0.29, 0.717) is 13.1 Å². The molecule has 0 unspecified atom stereocenters. The molecule has 0 spiro atoms. The summed E-state index contributed by atoms with van der Waals surface area (Å²) in [6, 6.07) is 2.36. The molecule has 0 aliphatic carbocycles. The predicted octanol–water partition coefficient (Wildman–Crippen LogP) is 3.15. The minimum Gasteiger partial charge on any atom is -0.380 e. The SMILES string of the molecule is CC(=O)N1CCC(Nc2cc(Br)c(F)cc2F)CC1. The van der Waals surface area contributed by atoms with E-state index in [-0.39, 0.29) is 22.1 Å². The first-order chi connectivity index (χ1) is 8.97. The van der Waals surface area contributed by atoms with Gasteiger partial charge in [0.2, 0.25) is 5.91 Å². The van der Waals surface area contributed by atoms with Crippen LogP contribution >= 0.6 is 15.9 Å². The summed E-state index contributed by atoms with van der Waals surface area (Å²) >= 11 is 3.04. The maximum Gasteiger partial charge on any atom is 0.219 e. The molecule has 0 saturated carbocycles. The molecule has 104 valence electrons. The fourth-order valence-electron chi connectivity index (χ4n) is 2.19. The van der Waals surface area contributed by atoms with E-state index < -0.39 is 11.6 Å². The fourth-order valence-corrected chi connectivity index (χ4v) is 2.54. The summed E-state index contributed by atoms with van der Waals surface area (Å²) in [6.07, 6.45) is 1.52. The largest absolute Gasteiger partial charge is 0.380 e. The van der Waals surface area contributed by atoms with Crippen molar-refractivity contribution in [3.8, 4) is 0 Å². The molecule has 1 heterocycles. The molecule has 1 aromatic rings. The lowest BCUT2D eigenvalue weighted by atomic mass is 10.0. The Morgan fingerprint density at radius 3 is 2.53 bits per heavy atom. The van der Waals surface area contributed by atoms with Gasteiger partial charge in [-0.3, -0.25) is 4.79 Å². The number of nitrogens with zero attached hydrogens (tertiary/aromatic N) is 1. The first-order valence-corrected chi connectivity index (χ1v) is 6.93. The molecule has 1 amide bonds. The molecule has 1 N–H and O–H groups in total. The van der Waals surface area contributed by atoms with Gasteiger partial charge in [0.05, 0.1) is 10.2 Å². The second-order valence-electron chi connectivity index (χ2n) is 4.67. The van der Waals surface area contributed by atoms with E-state index in [9.17, 15) is 13.6 Å². The predicted molar refractivity (Wildman–Crippen MR) is 73.0 cm³/mol. The van der Waals surface area contributed by atoms with Crippen molar-refractivity contribution in [1.29, 1.82) is 0 Å². The Kier molecular flexibility index (Phi) is 4.39. The fraction of sp³-hybridized carbons (Fsp3) is 0.462. The molecule has 19 heavy (non-hydrogen) atoms. The third-order valence-electron chi connectivity index (χ3n) is 3.31. The summed E-state index contributed by atoms with van der Waals surface area (Å²) in [5.74, 6) is -1.15. The first kappa shape index (κ1) is 14.2. The Morgan fingerprint density at radius 2 is 1.95 bits per heavy atom. The van der Waals surface area contributed by atoms with Gasteiger partial charge >= 0.3 is 0 Å². The van der Waals surface area contributed by atoms with Gasteiger partial charge in [-0.1, -0.05) is 0 Å². The van der Waals surface area contributed by atoms with Crippen molar-refractivity contribution in [3.63, 3.8) is 0 Å². The Labute approximate surface area is 119 Å². The number of nitrogens with one attached hydrogen (secondary N) is 1. The summed E-state index contributed by atoms with van der Waals surface area (Å²) in [5.41, 5.74) is 0.287. The Morgan fingerprint density at radius 1 is 1.32 bits per heavy atom. The first-order valence-electron chi connectivity index (χ1n) is 6.14. The third-order valence-corrected chi connectivity index (χ3v) is 3.92. The van der Waals surface area contributed by atoms with Gasteiger partial charge in [0, 0.05) is 32.1 Å². The summed E-state index contributed by atoms with van der Waals surface area (Å²) < 4.78 is 27.0. The van der Waals surface area contributed by atoms with Crippen LogP contribution in [-0.4, -0.2) is 29.9 Å². The lowest BCUT2D eigenvalue weighted by Crippen LogP contribution is -2.41. The van der Waals surface area contributed by atoms with Crippen molar-refractivity contribution >= 4 is 27.5 Å². The number of carbonyl (C=O) groups excluding carboxylic acids is 1. The molecule has 0 atom stereocenters. The second kappa shape index (κ2) is 5.86. The van der Waals surface area contributed by atoms with Crippen molar-refractivity contribution in [2.45, 2.75) is 25.8 Å². The topological polar surface area (TPSA) is 32.3 Å². The van der Waals surface area contributed by atoms with Crippen LogP contribution in [0.3, 0.4) is 0 Å². The number of amides is 1. The van der Waals surface area contributed by atoms with Crippen LogP contribution in [0.5, 0.6) is 0 Å². The van der Waals surface area contributed by atoms with E-state index in [2.05, 4.69) is 21.2 Å². The second-order valence-corrected chi connectivity index (χ2v) is 5.53. The number of rotatable bonds is 2. The van der Waals surface area contributed by atoms with Crippen molar-refractivity contribution in [3.05, 3.63) is 28.2 Å². The number of hydrogen-bond acceptors (Lipinski definition) is 2. The zero-order valence-electron chi connectivity index (χ0n) is 10.5. The molecule has 0 bridgehead atoms. The van der Waals surface area contributed by atoms with Crippen molar-refractivity contribution in [1.82, 2.24) is 4.90 Å². The molecule has 0 aromatic heterocycles. The van der Waals surface area contributed by atoms with Gasteiger partial charge in [-0.15, -0.1) is 0 Å². The van der Waals surface area contributed by atoms with E-state index >= 15 is 0 Å². The van der Waals surface area contributed by atoms with Gasteiger partial charge in [0.25, 0.3) is 0 Å². The van der Waals surface area contributed by atoms with Crippen LogP contribution in [-0.2, 0) is 4.79 Å². The molecule has 3 nitrogen and oxygen atoms in total. The summed E-state index contributed by atoms with van der Waals surface area (Å²) in [7, 11) is 0. The zero-order chi connectivity index (χ0) is 14.0. The van der Waals surface area contributed by atoms with Crippen LogP contribution in [0.1, 0.15) is 19.8 Å². The Bertz CT molecular complexity index is 488. The van der Waals surface area contributed by atoms with Gasteiger partial charge in [-0.2, -0.15) is 0 Å². The Balaban J connectivity index is 1.99. The third kappa shape index (κ3) is 3.43. The van der Waals surface area contributed by atoms with Gasteiger partial charge in [-0.05, 0) is 34.8 Å². The van der Waals surface area contributed by atoms with Crippen molar-refractivity contribution in [2.75, 3.05) is 18.4 Å². The van der Waals surface area contributed by atoms with E-state index in [4.69, 9.17) is 0 Å². The van der Waals surface area contributed by atoms with E-state index in [1.54, 1.807) is 11.8 Å². The van der Waals surface area contributed by atoms with Crippen molar-refractivity contribution in [2.24, 2.45) is 0 Å². The van der Waals surface area contributed by atoms with Gasteiger partial charge < -0.3 is 10.2 Å². The van der Waals surface area contributed by atoms with Crippen LogP contribution in [0.4, 0.5) is 14.5 Å². The molecule has 1 aliphatic heterocycles. The van der Waals surface area contributed by atoms with E-state index in [1.165, 1.54) is 6.07 Å². The minimum atomic E-state index is -0.616. The molecule has 1 fully saturated rings. The maximum absolute atomic E-state index is 13.6. The number of anilines is 1. The highest BCUT2D eigenvalue weighted by molar-refractivity contribution is 9.10. The summed E-state index contributed by atoms with van der Waals surface area (Å²) in [5, 5.41) is 3.07. The Hall–Kier alpha value is -1.17. The average Bonchev–Trinajstić information content (AvgIpc) is 2.36. The van der Waals surface area contributed by atoms with Crippen LogP contribution in [0.25, 0.3) is 0 Å². The number of benzene rings is 1.